The number of hydrogen-bond acceptors (Lipinski definition) is 4. The summed E-state index contributed by atoms with van der Waals surface area (Å²) in [5.41, 5.74) is 0.641. The van der Waals surface area contributed by atoms with Gasteiger partial charge in [0.15, 0.2) is 0 Å². The van der Waals surface area contributed by atoms with Gasteiger partial charge in [-0.25, -0.2) is 13.1 Å². The fraction of sp³-hybridized carbons (Fsp3) is 0.250. The van der Waals surface area contributed by atoms with E-state index in [9.17, 15) is 26.4 Å². The molecule has 1 unspecified atom stereocenters. The van der Waals surface area contributed by atoms with Gasteiger partial charge in [0, 0.05) is 24.0 Å². The van der Waals surface area contributed by atoms with Gasteiger partial charge < -0.3 is 5.32 Å². The van der Waals surface area contributed by atoms with Crippen LogP contribution in [0.1, 0.15) is 28.9 Å². The molecular weight excluding hydrogens is 371 g/mol. The lowest BCUT2D eigenvalue weighted by molar-refractivity contribution is -0.123. The van der Waals surface area contributed by atoms with E-state index in [1.54, 1.807) is 24.4 Å². The van der Waals surface area contributed by atoms with Crippen LogP contribution in [0.4, 0.5) is 13.2 Å². The molecule has 1 heterocycles. The molecule has 2 rings (SSSR count). The zero-order valence-electron chi connectivity index (χ0n) is 13.6. The van der Waals surface area contributed by atoms with Gasteiger partial charge in [0.05, 0.1) is 4.90 Å². The zero-order valence-corrected chi connectivity index (χ0v) is 14.4. The summed E-state index contributed by atoms with van der Waals surface area (Å²) in [6.07, 6.45) is -1.45. The molecule has 2 aromatic rings. The van der Waals surface area contributed by atoms with E-state index in [0.717, 1.165) is 24.3 Å². The number of halogens is 3. The van der Waals surface area contributed by atoms with Gasteiger partial charge in [-0.1, -0.05) is 0 Å². The van der Waals surface area contributed by atoms with Gasteiger partial charge in [0.2, 0.25) is 10.0 Å². The van der Waals surface area contributed by atoms with Gasteiger partial charge in [0.1, 0.15) is 6.54 Å². The van der Waals surface area contributed by atoms with Crippen LogP contribution < -0.4 is 10.0 Å². The number of rotatable bonds is 6. The topological polar surface area (TPSA) is 88.2 Å². The molecule has 1 amide bonds. The van der Waals surface area contributed by atoms with Crippen molar-refractivity contribution in [3.05, 3.63) is 59.9 Å². The predicted molar refractivity (Wildman–Crippen MR) is 87.8 cm³/mol. The van der Waals surface area contributed by atoms with Crippen LogP contribution >= 0.6 is 0 Å². The van der Waals surface area contributed by atoms with Gasteiger partial charge in [0.25, 0.3) is 5.91 Å². The van der Waals surface area contributed by atoms with Crippen molar-refractivity contribution in [3.63, 3.8) is 0 Å². The minimum absolute atomic E-state index is 0.0737. The molecule has 0 saturated carbocycles. The molecule has 2 N–H and O–H groups in total. The molecular formula is C16H16F3N3O3S. The Kier molecular flexibility index (Phi) is 5.98. The number of sulfonamides is 1. The molecule has 1 aromatic carbocycles. The molecule has 1 atom stereocenters. The molecule has 0 aliphatic heterocycles. The highest BCUT2D eigenvalue weighted by molar-refractivity contribution is 7.89. The van der Waals surface area contributed by atoms with Gasteiger partial charge in [-0.05, 0) is 48.9 Å². The summed E-state index contributed by atoms with van der Waals surface area (Å²) < 4.78 is 63.6. The monoisotopic (exact) mass is 387 g/mol. The second-order valence-corrected chi connectivity index (χ2v) is 7.16. The summed E-state index contributed by atoms with van der Waals surface area (Å²) in [4.78, 5) is 15.4. The van der Waals surface area contributed by atoms with Crippen molar-refractivity contribution in [1.29, 1.82) is 0 Å². The van der Waals surface area contributed by atoms with E-state index in [2.05, 4.69) is 9.71 Å². The smallest absolute Gasteiger partial charge is 0.343 e. The van der Waals surface area contributed by atoms with E-state index in [0.29, 0.717) is 5.56 Å². The highest BCUT2D eigenvalue weighted by atomic mass is 32.2. The standard InChI is InChI=1S/C16H16F3N3O3S/c1-11(12-6-8-20-9-7-12)22-26(24,25)14-4-2-13(3-5-14)15(23)21-10-16(17,18)19/h2-9,11,22H,10H2,1H3,(H,21,23). The van der Waals surface area contributed by atoms with E-state index in [-0.39, 0.29) is 10.5 Å². The lowest BCUT2D eigenvalue weighted by atomic mass is 10.1. The lowest BCUT2D eigenvalue weighted by Crippen LogP contribution is -2.33. The maximum Gasteiger partial charge on any atom is 0.405 e. The normalized spacial score (nSPS) is 13.2. The third kappa shape index (κ3) is 5.53. The highest BCUT2D eigenvalue weighted by Crippen LogP contribution is 2.17. The average Bonchev–Trinajstić information content (AvgIpc) is 2.59. The molecule has 10 heteroatoms. The molecule has 1 aromatic heterocycles. The van der Waals surface area contributed by atoms with Crippen molar-refractivity contribution in [2.24, 2.45) is 0 Å². The van der Waals surface area contributed by atoms with E-state index < -0.39 is 34.7 Å². The first-order valence-corrected chi connectivity index (χ1v) is 8.94. The molecule has 6 nitrogen and oxygen atoms in total. The molecule has 0 fully saturated rings. The number of benzene rings is 1. The number of hydrogen-bond donors (Lipinski definition) is 2. The number of amides is 1. The number of nitrogens with zero attached hydrogens (tertiary/aromatic N) is 1. The Balaban J connectivity index is 2.07. The highest BCUT2D eigenvalue weighted by Gasteiger charge is 2.28. The molecule has 0 saturated heterocycles. The number of pyridine rings is 1. The first-order valence-electron chi connectivity index (χ1n) is 7.46. The Morgan fingerprint density at radius 1 is 1.12 bits per heavy atom. The van der Waals surface area contributed by atoms with Gasteiger partial charge in [-0.2, -0.15) is 13.2 Å². The third-order valence-corrected chi connectivity index (χ3v) is 4.97. The van der Waals surface area contributed by atoms with Gasteiger partial charge in [-0.15, -0.1) is 0 Å². The van der Waals surface area contributed by atoms with Crippen molar-refractivity contribution in [3.8, 4) is 0 Å². The van der Waals surface area contributed by atoms with Crippen molar-refractivity contribution < 1.29 is 26.4 Å². The second kappa shape index (κ2) is 7.83. The summed E-state index contributed by atoms with van der Waals surface area (Å²) >= 11 is 0. The van der Waals surface area contributed by atoms with Gasteiger partial charge >= 0.3 is 6.18 Å². The molecule has 0 radical (unpaired) electrons. The Morgan fingerprint density at radius 3 is 2.23 bits per heavy atom. The molecule has 0 spiro atoms. The fourth-order valence-corrected chi connectivity index (χ4v) is 3.32. The SMILES string of the molecule is CC(NS(=O)(=O)c1ccc(C(=O)NCC(F)(F)F)cc1)c1ccncc1. The Hall–Kier alpha value is -2.46. The quantitative estimate of drug-likeness (QED) is 0.797. The number of aromatic nitrogens is 1. The van der Waals surface area contributed by atoms with Crippen LogP contribution in [0.5, 0.6) is 0 Å². The van der Waals surface area contributed by atoms with Crippen LogP contribution in [-0.2, 0) is 10.0 Å². The third-order valence-electron chi connectivity index (χ3n) is 3.41. The first-order chi connectivity index (χ1) is 12.1. The van der Waals surface area contributed by atoms with E-state index in [1.165, 1.54) is 12.4 Å². The summed E-state index contributed by atoms with van der Waals surface area (Å²) in [6.45, 7) is 0.197. The van der Waals surface area contributed by atoms with Crippen LogP contribution in [-0.4, -0.2) is 32.0 Å². The van der Waals surface area contributed by atoms with E-state index in [4.69, 9.17) is 0 Å². The first kappa shape index (κ1) is 19.9. The maximum absolute atomic E-state index is 12.4. The number of nitrogens with one attached hydrogen (secondary N) is 2. The summed E-state index contributed by atoms with van der Waals surface area (Å²) in [6, 6.07) is 7.43. The van der Waals surface area contributed by atoms with Crippen molar-refractivity contribution >= 4 is 15.9 Å². The average molecular weight is 387 g/mol. The largest absolute Gasteiger partial charge is 0.405 e. The van der Waals surface area contributed by atoms with Gasteiger partial charge in [-0.3, -0.25) is 9.78 Å². The van der Waals surface area contributed by atoms with Crippen LogP contribution in [0, 0.1) is 0 Å². The maximum atomic E-state index is 12.4. The summed E-state index contributed by atoms with van der Waals surface area (Å²) in [5, 5.41) is 1.72. The number of carbonyl (C=O) groups excluding carboxylic acids is 1. The van der Waals surface area contributed by atoms with Crippen molar-refractivity contribution in [1.82, 2.24) is 15.0 Å². The molecule has 26 heavy (non-hydrogen) atoms. The molecule has 140 valence electrons. The molecule has 0 aliphatic rings. The van der Waals surface area contributed by atoms with Crippen LogP contribution in [0.2, 0.25) is 0 Å². The van der Waals surface area contributed by atoms with Crippen molar-refractivity contribution in [2.75, 3.05) is 6.54 Å². The van der Waals surface area contributed by atoms with E-state index >= 15 is 0 Å². The molecule has 0 aliphatic carbocycles. The summed E-state index contributed by atoms with van der Waals surface area (Å²) in [7, 11) is -3.87. The Bertz CT molecular complexity index is 854. The number of carbonyl (C=O) groups is 1. The zero-order chi connectivity index (χ0) is 19.4. The number of alkyl halides is 3. The Labute approximate surface area is 148 Å². The predicted octanol–water partition coefficient (Wildman–Crippen LogP) is 2.41. The summed E-state index contributed by atoms with van der Waals surface area (Å²) in [5.74, 6) is -0.940. The fourth-order valence-electron chi connectivity index (χ4n) is 2.09. The van der Waals surface area contributed by atoms with Crippen molar-refractivity contribution in [2.45, 2.75) is 24.0 Å². The Morgan fingerprint density at radius 2 is 1.69 bits per heavy atom. The minimum Gasteiger partial charge on any atom is -0.343 e. The van der Waals surface area contributed by atoms with Crippen LogP contribution in [0.15, 0.2) is 53.7 Å². The second-order valence-electron chi connectivity index (χ2n) is 5.45. The van der Waals surface area contributed by atoms with Crippen LogP contribution in [0.25, 0.3) is 0 Å². The van der Waals surface area contributed by atoms with E-state index in [1.807, 2.05) is 0 Å². The molecule has 0 bridgehead atoms. The minimum atomic E-state index is -4.52. The lowest BCUT2D eigenvalue weighted by Gasteiger charge is -2.14. The van der Waals surface area contributed by atoms with Crippen LogP contribution in [0.3, 0.4) is 0 Å².